The number of rotatable bonds is 7. The number of anilines is 1. The standard InChI is InChI=1S/C23H29N3O5/c1-30-21-15-26(19(13-20(21)27)14-25-11-5-3-4-6-12-25)16-22(28)24-18-9-7-17(8-10-18)23(29)31-2/h7-10,13,15H,3-6,11-12,14,16H2,1-2H3,(H,24,28). The summed E-state index contributed by atoms with van der Waals surface area (Å²) in [4.78, 5) is 38.9. The lowest BCUT2D eigenvalue weighted by molar-refractivity contribution is -0.116. The van der Waals surface area contributed by atoms with E-state index in [2.05, 4.69) is 15.0 Å². The number of hydrogen-bond acceptors (Lipinski definition) is 6. The zero-order chi connectivity index (χ0) is 22.2. The van der Waals surface area contributed by atoms with Gasteiger partial charge in [0.05, 0.1) is 26.0 Å². The molecule has 1 N–H and O–H groups in total. The van der Waals surface area contributed by atoms with Gasteiger partial charge in [-0.3, -0.25) is 14.5 Å². The molecule has 166 valence electrons. The minimum Gasteiger partial charge on any atom is -0.491 e. The number of likely N-dealkylation sites (tertiary alicyclic amines) is 1. The van der Waals surface area contributed by atoms with E-state index >= 15 is 0 Å². The number of ether oxygens (including phenoxy) is 2. The SMILES string of the molecule is COC(=O)c1ccc(NC(=O)Cn2cc(OC)c(=O)cc2CN2CCCCCC2)cc1. The normalized spacial score (nSPS) is 14.5. The molecule has 0 atom stereocenters. The highest BCUT2D eigenvalue weighted by Crippen LogP contribution is 2.15. The molecular formula is C23H29N3O5. The summed E-state index contributed by atoms with van der Waals surface area (Å²) in [6.07, 6.45) is 6.33. The van der Waals surface area contributed by atoms with Gasteiger partial charge >= 0.3 is 5.97 Å². The van der Waals surface area contributed by atoms with Gasteiger partial charge in [0.25, 0.3) is 0 Å². The van der Waals surface area contributed by atoms with Gasteiger partial charge in [0.15, 0.2) is 5.75 Å². The molecule has 1 aliphatic heterocycles. The topological polar surface area (TPSA) is 89.9 Å². The quantitative estimate of drug-likeness (QED) is 0.684. The Kier molecular flexibility index (Phi) is 7.83. The van der Waals surface area contributed by atoms with Gasteiger partial charge in [-0.25, -0.2) is 4.79 Å². The molecule has 1 amide bonds. The van der Waals surface area contributed by atoms with Gasteiger partial charge < -0.3 is 19.4 Å². The first kappa shape index (κ1) is 22.6. The second kappa shape index (κ2) is 10.8. The smallest absolute Gasteiger partial charge is 0.337 e. The lowest BCUT2D eigenvalue weighted by atomic mass is 10.2. The number of aromatic nitrogens is 1. The Morgan fingerprint density at radius 3 is 2.32 bits per heavy atom. The minimum absolute atomic E-state index is 0.0402. The van der Waals surface area contributed by atoms with Crippen molar-refractivity contribution < 1.29 is 19.1 Å². The number of carbonyl (C=O) groups excluding carboxylic acids is 2. The van der Waals surface area contributed by atoms with Crippen molar-refractivity contribution in [1.82, 2.24) is 9.47 Å². The molecule has 1 aromatic carbocycles. The molecule has 2 heterocycles. The predicted molar refractivity (Wildman–Crippen MR) is 117 cm³/mol. The third-order valence-corrected chi connectivity index (χ3v) is 5.39. The summed E-state index contributed by atoms with van der Waals surface area (Å²) in [5.74, 6) is -0.472. The van der Waals surface area contributed by atoms with Crippen LogP contribution in [0.5, 0.6) is 5.75 Å². The van der Waals surface area contributed by atoms with E-state index in [1.807, 2.05) is 0 Å². The van der Waals surface area contributed by atoms with Gasteiger partial charge in [-0.15, -0.1) is 0 Å². The molecule has 8 heteroatoms. The Morgan fingerprint density at radius 2 is 1.71 bits per heavy atom. The van der Waals surface area contributed by atoms with Crippen LogP contribution in [0.2, 0.25) is 0 Å². The van der Waals surface area contributed by atoms with Gasteiger partial charge in [0.2, 0.25) is 11.3 Å². The fourth-order valence-corrected chi connectivity index (χ4v) is 3.72. The van der Waals surface area contributed by atoms with E-state index in [4.69, 9.17) is 4.74 Å². The number of nitrogens with one attached hydrogen (secondary N) is 1. The van der Waals surface area contributed by atoms with E-state index in [0.717, 1.165) is 31.6 Å². The molecular weight excluding hydrogens is 398 g/mol. The van der Waals surface area contributed by atoms with E-state index in [1.165, 1.54) is 27.1 Å². The third-order valence-electron chi connectivity index (χ3n) is 5.39. The van der Waals surface area contributed by atoms with Crippen LogP contribution in [-0.2, 0) is 22.6 Å². The first-order valence-electron chi connectivity index (χ1n) is 10.5. The summed E-state index contributed by atoms with van der Waals surface area (Å²) in [7, 11) is 2.76. The Hall–Kier alpha value is -3.13. The second-order valence-corrected chi connectivity index (χ2v) is 7.63. The number of hydrogen-bond donors (Lipinski definition) is 1. The largest absolute Gasteiger partial charge is 0.491 e. The molecule has 1 saturated heterocycles. The van der Waals surface area contributed by atoms with E-state index < -0.39 is 5.97 Å². The molecule has 0 radical (unpaired) electrons. The fraction of sp³-hybridized carbons (Fsp3) is 0.435. The molecule has 0 saturated carbocycles. The second-order valence-electron chi connectivity index (χ2n) is 7.63. The van der Waals surface area contributed by atoms with Gasteiger partial charge in [0, 0.05) is 24.0 Å². The lowest BCUT2D eigenvalue weighted by Crippen LogP contribution is -2.29. The summed E-state index contributed by atoms with van der Waals surface area (Å²) in [5, 5.41) is 2.82. The highest BCUT2D eigenvalue weighted by atomic mass is 16.5. The Morgan fingerprint density at radius 1 is 1.03 bits per heavy atom. The van der Waals surface area contributed by atoms with Crippen molar-refractivity contribution in [2.45, 2.75) is 38.8 Å². The number of pyridine rings is 1. The monoisotopic (exact) mass is 427 g/mol. The molecule has 0 aliphatic carbocycles. The van der Waals surface area contributed by atoms with Crippen molar-refractivity contribution in [2.24, 2.45) is 0 Å². The van der Waals surface area contributed by atoms with E-state index in [-0.39, 0.29) is 23.6 Å². The summed E-state index contributed by atoms with van der Waals surface area (Å²) >= 11 is 0. The fourth-order valence-electron chi connectivity index (χ4n) is 3.72. The predicted octanol–water partition coefficient (Wildman–Crippen LogP) is 2.66. The Bertz CT molecular complexity index is 960. The summed E-state index contributed by atoms with van der Waals surface area (Å²) < 4.78 is 11.6. The number of amides is 1. The summed E-state index contributed by atoms with van der Waals surface area (Å²) in [5.41, 5.74) is 1.57. The zero-order valence-corrected chi connectivity index (χ0v) is 18.1. The number of carbonyl (C=O) groups is 2. The molecule has 1 aliphatic rings. The van der Waals surface area contributed by atoms with Crippen LogP contribution in [0.1, 0.15) is 41.7 Å². The molecule has 0 spiro atoms. The lowest BCUT2D eigenvalue weighted by Gasteiger charge is -2.23. The van der Waals surface area contributed by atoms with E-state index in [9.17, 15) is 14.4 Å². The van der Waals surface area contributed by atoms with Gasteiger partial charge in [-0.2, -0.15) is 0 Å². The number of esters is 1. The number of methoxy groups -OCH3 is 2. The maximum atomic E-state index is 12.7. The molecule has 0 bridgehead atoms. The van der Waals surface area contributed by atoms with Crippen molar-refractivity contribution >= 4 is 17.6 Å². The zero-order valence-electron chi connectivity index (χ0n) is 18.1. The molecule has 8 nitrogen and oxygen atoms in total. The van der Waals surface area contributed by atoms with Crippen molar-refractivity contribution in [3.63, 3.8) is 0 Å². The van der Waals surface area contributed by atoms with Crippen molar-refractivity contribution in [1.29, 1.82) is 0 Å². The van der Waals surface area contributed by atoms with E-state index in [1.54, 1.807) is 41.1 Å². The molecule has 1 aromatic heterocycles. The highest BCUT2D eigenvalue weighted by molar-refractivity contribution is 5.93. The molecule has 0 unspecified atom stereocenters. The van der Waals surface area contributed by atoms with Crippen LogP contribution in [0.25, 0.3) is 0 Å². The first-order chi connectivity index (χ1) is 15.0. The maximum absolute atomic E-state index is 12.7. The highest BCUT2D eigenvalue weighted by Gasteiger charge is 2.15. The van der Waals surface area contributed by atoms with Crippen LogP contribution < -0.4 is 15.5 Å². The maximum Gasteiger partial charge on any atom is 0.337 e. The van der Waals surface area contributed by atoms with Crippen LogP contribution in [0.15, 0.2) is 41.3 Å². The van der Waals surface area contributed by atoms with Crippen molar-refractivity contribution in [3.8, 4) is 5.75 Å². The van der Waals surface area contributed by atoms with Crippen LogP contribution in [-0.4, -0.2) is 48.7 Å². The number of benzene rings is 1. The van der Waals surface area contributed by atoms with Crippen molar-refractivity contribution in [3.05, 3.63) is 58.0 Å². The Balaban J connectivity index is 1.74. The van der Waals surface area contributed by atoms with Crippen LogP contribution in [0.4, 0.5) is 5.69 Å². The van der Waals surface area contributed by atoms with Crippen molar-refractivity contribution in [2.75, 3.05) is 32.6 Å². The average Bonchev–Trinajstić information content (AvgIpc) is 3.04. The van der Waals surface area contributed by atoms with E-state index in [0.29, 0.717) is 17.8 Å². The third kappa shape index (κ3) is 6.18. The van der Waals surface area contributed by atoms with Crippen LogP contribution >= 0.6 is 0 Å². The molecule has 31 heavy (non-hydrogen) atoms. The van der Waals surface area contributed by atoms with Gasteiger partial charge in [-0.05, 0) is 50.2 Å². The molecule has 2 aromatic rings. The van der Waals surface area contributed by atoms with Crippen LogP contribution in [0, 0.1) is 0 Å². The van der Waals surface area contributed by atoms with Gasteiger partial charge in [-0.1, -0.05) is 12.8 Å². The Labute approximate surface area is 181 Å². The molecule has 1 fully saturated rings. The number of nitrogens with zero attached hydrogens (tertiary/aromatic N) is 2. The summed E-state index contributed by atoms with van der Waals surface area (Å²) in [6.45, 7) is 2.62. The first-order valence-corrected chi connectivity index (χ1v) is 10.5. The summed E-state index contributed by atoms with van der Waals surface area (Å²) in [6, 6.07) is 8.04. The average molecular weight is 428 g/mol. The molecule has 3 rings (SSSR count). The van der Waals surface area contributed by atoms with Gasteiger partial charge in [0.1, 0.15) is 6.54 Å². The minimum atomic E-state index is -0.434. The van der Waals surface area contributed by atoms with Crippen LogP contribution in [0.3, 0.4) is 0 Å².